The number of para-hydroxylation sites is 1. The van der Waals surface area contributed by atoms with E-state index < -0.39 is 0 Å². The van der Waals surface area contributed by atoms with Crippen molar-refractivity contribution in [2.24, 2.45) is 0 Å². The van der Waals surface area contributed by atoms with E-state index in [1.165, 1.54) is 0 Å². The summed E-state index contributed by atoms with van der Waals surface area (Å²) in [6.07, 6.45) is 1.02. The monoisotopic (exact) mass is 237 g/mol. The van der Waals surface area contributed by atoms with Crippen LogP contribution in [0, 0.1) is 0 Å². The number of ether oxygens (including phenoxy) is 2. The summed E-state index contributed by atoms with van der Waals surface area (Å²) >= 11 is 0. The molecule has 0 aliphatic carbocycles. The maximum Gasteiger partial charge on any atom is 0.166 e. The molecule has 1 aromatic rings. The molecule has 1 aliphatic heterocycles. The summed E-state index contributed by atoms with van der Waals surface area (Å²) in [5, 5.41) is 0. The van der Waals surface area contributed by atoms with Crippen molar-refractivity contribution in [1.82, 2.24) is 5.48 Å². The van der Waals surface area contributed by atoms with Gasteiger partial charge in [0.25, 0.3) is 0 Å². The first kappa shape index (κ1) is 12.2. The third-order valence-corrected chi connectivity index (χ3v) is 2.82. The predicted molar refractivity (Wildman–Crippen MR) is 65.2 cm³/mol. The molecule has 1 aliphatic rings. The number of hydrogen-bond acceptors (Lipinski definition) is 4. The van der Waals surface area contributed by atoms with Crippen molar-refractivity contribution < 1.29 is 14.3 Å². The van der Waals surface area contributed by atoms with Gasteiger partial charge in [-0.1, -0.05) is 19.1 Å². The van der Waals surface area contributed by atoms with Gasteiger partial charge in [-0.25, -0.2) is 0 Å². The molecule has 1 aromatic carbocycles. The van der Waals surface area contributed by atoms with Crippen LogP contribution in [0.2, 0.25) is 0 Å². The van der Waals surface area contributed by atoms with E-state index in [4.69, 9.17) is 14.3 Å². The lowest BCUT2D eigenvalue weighted by Gasteiger charge is -2.14. The quantitative estimate of drug-likeness (QED) is 0.798. The van der Waals surface area contributed by atoms with Crippen LogP contribution in [0.15, 0.2) is 18.2 Å². The summed E-state index contributed by atoms with van der Waals surface area (Å²) in [6.45, 7) is 4.80. The maximum absolute atomic E-state index is 5.83. The van der Waals surface area contributed by atoms with Gasteiger partial charge in [0.2, 0.25) is 0 Å². The molecule has 0 radical (unpaired) electrons. The van der Waals surface area contributed by atoms with E-state index in [1.54, 1.807) is 7.11 Å². The third kappa shape index (κ3) is 2.37. The molecule has 1 N–H and O–H groups in total. The lowest BCUT2D eigenvalue weighted by molar-refractivity contribution is 0.0336. The van der Waals surface area contributed by atoms with E-state index >= 15 is 0 Å². The van der Waals surface area contributed by atoms with Crippen LogP contribution in [0.4, 0.5) is 0 Å². The standard InChI is InChI=1S/C13H19NO3/c1-4-8-16-11-7-5-6-10-12(14-15-3)9(2)17-13(10)11/h5-7,9,12,14H,4,8H2,1-3H3. The van der Waals surface area contributed by atoms with Crippen molar-refractivity contribution in [3.05, 3.63) is 23.8 Å². The minimum Gasteiger partial charge on any atom is -0.490 e. The highest BCUT2D eigenvalue weighted by molar-refractivity contribution is 5.51. The van der Waals surface area contributed by atoms with Gasteiger partial charge >= 0.3 is 0 Å². The molecule has 0 bridgehead atoms. The number of hydrogen-bond donors (Lipinski definition) is 1. The Bertz CT molecular complexity index is 381. The summed E-state index contributed by atoms with van der Waals surface area (Å²) in [5.74, 6) is 1.65. The molecular formula is C13H19NO3. The van der Waals surface area contributed by atoms with Crippen LogP contribution in [-0.2, 0) is 4.84 Å². The van der Waals surface area contributed by atoms with Crippen molar-refractivity contribution in [3.63, 3.8) is 0 Å². The van der Waals surface area contributed by atoms with E-state index in [-0.39, 0.29) is 12.1 Å². The molecule has 17 heavy (non-hydrogen) atoms. The van der Waals surface area contributed by atoms with Gasteiger partial charge in [0.05, 0.1) is 19.8 Å². The summed E-state index contributed by atoms with van der Waals surface area (Å²) in [5.41, 5.74) is 4.04. The summed E-state index contributed by atoms with van der Waals surface area (Å²) < 4.78 is 11.5. The Morgan fingerprint density at radius 1 is 1.41 bits per heavy atom. The lowest BCUT2D eigenvalue weighted by Crippen LogP contribution is -2.27. The maximum atomic E-state index is 5.83. The Morgan fingerprint density at radius 3 is 2.94 bits per heavy atom. The molecule has 0 spiro atoms. The largest absolute Gasteiger partial charge is 0.490 e. The topological polar surface area (TPSA) is 39.7 Å². The molecule has 2 rings (SSSR count). The third-order valence-electron chi connectivity index (χ3n) is 2.82. The Kier molecular flexibility index (Phi) is 3.86. The number of fused-ring (bicyclic) bond motifs is 1. The first-order valence-corrected chi connectivity index (χ1v) is 5.98. The van der Waals surface area contributed by atoms with Crippen LogP contribution in [0.25, 0.3) is 0 Å². The van der Waals surface area contributed by atoms with Crippen LogP contribution < -0.4 is 15.0 Å². The van der Waals surface area contributed by atoms with Gasteiger partial charge in [0.1, 0.15) is 6.10 Å². The minimum absolute atomic E-state index is 0.0383. The van der Waals surface area contributed by atoms with Crippen molar-refractivity contribution in [1.29, 1.82) is 0 Å². The summed E-state index contributed by atoms with van der Waals surface area (Å²) in [7, 11) is 1.61. The second-order valence-electron chi connectivity index (χ2n) is 4.15. The highest BCUT2D eigenvalue weighted by Crippen LogP contribution is 2.43. The first-order valence-electron chi connectivity index (χ1n) is 5.98. The Labute approximate surface area is 102 Å². The average Bonchev–Trinajstić information content (AvgIpc) is 2.65. The Balaban J connectivity index is 2.25. The number of hydroxylamine groups is 1. The second kappa shape index (κ2) is 5.38. The van der Waals surface area contributed by atoms with Crippen molar-refractivity contribution >= 4 is 0 Å². The normalized spacial score (nSPS) is 22.1. The fourth-order valence-electron chi connectivity index (χ4n) is 2.02. The van der Waals surface area contributed by atoms with Crippen molar-refractivity contribution in [3.8, 4) is 11.5 Å². The SMILES string of the molecule is CCCOc1cccc2c1OC(C)C2NOC. The highest BCUT2D eigenvalue weighted by Gasteiger charge is 2.33. The van der Waals surface area contributed by atoms with E-state index in [0.29, 0.717) is 6.61 Å². The molecule has 0 saturated carbocycles. The molecule has 0 saturated heterocycles. The predicted octanol–water partition coefficient (Wildman–Crippen LogP) is 2.45. The Morgan fingerprint density at radius 2 is 2.24 bits per heavy atom. The molecular weight excluding hydrogens is 218 g/mol. The zero-order valence-electron chi connectivity index (χ0n) is 10.5. The number of nitrogens with one attached hydrogen (secondary N) is 1. The van der Waals surface area contributed by atoms with E-state index in [9.17, 15) is 0 Å². The van der Waals surface area contributed by atoms with E-state index in [2.05, 4.69) is 12.4 Å². The number of rotatable bonds is 5. The average molecular weight is 237 g/mol. The zero-order chi connectivity index (χ0) is 12.3. The van der Waals surface area contributed by atoms with Gasteiger partial charge in [-0.15, -0.1) is 0 Å². The van der Waals surface area contributed by atoms with Crippen molar-refractivity contribution in [2.75, 3.05) is 13.7 Å². The first-order chi connectivity index (χ1) is 8.27. The molecule has 0 amide bonds. The molecule has 4 nitrogen and oxygen atoms in total. The molecule has 0 fully saturated rings. The van der Waals surface area contributed by atoms with Crippen LogP contribution in [0.5, 0.6) is 11.5 Å². The zero-order valence-corrected chi connectivity index (χ0v) is 10.5. The van der Waals surface area contributed by atoms with Gasteiger partial charge < -0.3 is 14.3 Å². The lowest BCUT2D eigenvalue weighted by atomic mass is 10.1. The van der Waals surface area contributed by atoms with Crippen LogP contribution >= 0.6 is 0 Å². The molecule has 2 atom stereocenters. The van der Waals surface area contributed by atoms with Crippen LogP contribution in [0.1, 0.15) is 31.9 Å². The minimum atomic E-state index is 0.0383. The van der Waals surface area contributed by atoms with Gasteiger partial charge in [-0.3, -0.25) is 0 Å². The van der Waals surface area contributed by atoms with E-state index in [1.807, 2.05) is 25.1 Å². The van der Waals surface area contributed by atoms with Crippen molar-refractivity contribution in [2.45, 2.75) is 32.4 Å². The molecule has 4 heteroatoms. The molecule has 94 valence electrons. The van der Waals surface area contributed by atoms with Gasteiger partial charge in [-0.05, 0) is 19.4 Å². The second-order valence-corrected chi connectivity index (χ2v) is 4.15. The van der Waals surface area contributed by atoms with Gasteiger partial charge in [0, 0.05) is 5.56 Å². The van der Waals surface area contributed by atoms with Crippen LogP contribution in [0.3, 0.4) is 0 Å². The summed E-state index contributed by atoms with van der Waals surface area (Å²) in [6, 6.07) is 6.01. The van der Waals surface area contributed by atoms with Gasteiger partial charge in [-0.2, -0.15) is 5.48 Å². The molecule has 2 unspecified atom stereocenters. The smallest absolute Gasteiger partial charge is 0.166 e. The van der Waals surface area contributed by atoms with Gasteiger partial charge in [0.15, 0.2) is 11.5 Å². The molecule has 1 heterocycles. The van der Waals surface area contributed by atoms with E-state index in [0.717, 1.165) is 23.5 Å². The number of benzene rings is 1. The fraction of sp³-hybridized carbons (Fsp3) is 0.538. The highest BCUT2D eigenvalue weighted by atomic mass is 16.6. The van der Waals surface area contributed by atoms with Crippen LogP contribution in [-0.4, -0.2) is 19.8 Å². The summed E-state index contributed by atoms with van der Waals surface area (Å²) in [4.78, 5) is 5.00. The Hall–Kier alpha value is -1.26. The molecule has 0 aromatic heterocycles. The fourth-order valence-corrected chi connectivity index (χ4v) is 2.02.